The number of hydrogen-bond acceptors (Lipinski definition) is 16. The number of aliphatic hydroxyl groups is 10. The van der Waals surface area contributed by atoms with E-state index in [4.69, 9.17) is 10.2 Å². The first-order valence-corrected chi connectivity index (χ1v) is 13.1. The highest BCUT2D eigenvalue weighted by atomic mass is 33.1. The zero-order valence-corrected chi connectivity index (χ0v) is 20.6. The summed E-state index contributed by atoms with van der Waals surface area (Å²) in [5.74, 6) is -2.89. The number of carboxylic acids is 2. The summed E-state index contributed by atoms with van der Waals surface area (Å²) in [6, 6.07) is -2.51. The van der Waals surface area contributed by atoms with Crippen LogP contribution in [0.25, 0.3) is 0 Å². The maximum Gasteiger partial charge on any atom is 0.321 e. The molecule has 0 spiro atoms. The van der Waals surface area contributed by atoms with E-state index in [1.165, 1.54) is 0 Å². The predicted octanol–water partition coefficient (Wildman–Crippen LogP) is -6.67. The normalized spacial score (nSPS) is 20.4. The van der Waals surface area contributed by atoms with Gasteiger partial charge in [-0.05, 0) is 0 Å². The molecule has 0 aromatic carbocycles. The van der Waals surface area contributed by atoms with E-state index in [9.17, 15) is 60.7 Å². The first-order chi connectivity index (χ1) is 16.8. The van der Waals surface area contributed by atoms with Crippen molar-refractivity contribution in [1.82, 2.24) is 10.6 Å². The molecule has 36 heavy (non-hydrogen) atoms. The number of aliphatic hydroxyl groups excluding tert-OH is 10. The average molecular weight is 569 g/mol. The average Bonchev–Trinajstić information content (AvgIpc) is 2.85. The van der Waals surface area contributed by atoms with Crippen LogP contribution >= 0.6 is 21.6 Å². The molecule has 18 heteroatoms. The van der Waals surface area contributed by atoms with Crippen molar-refractivity contribution < 1.29 is 70.9 Å². The van der Waals surface area contributed by atoms with Gasteiger partial charge >= 0.3 is 11.9 Å². The Bertz CT molecular complexity index is 587. The predicted molar refractivity (Wildman–Crippen MR) is 126 cm³/mol. The molecule has 0 radical (unpaired) electrons. The van der Waals surface area contributed by atoms with Gasteiger partial charge in [0.2, 0.25) is 0 Å². The van der Waals surface area contributed by atoms with E-state index in [0.717, 1.165) is 21.6 Å². The fourth-order valence-electron chi connectivity index (χ4n) is 2.56. The molecule has 0 fully saturated rings. The van der Waals surface area contributed by atoms with Crippen LogP contribution in [0.1, 0.15) is 0 Å². The van der Waals surface area contributed by atoms with Crippen LogP contribution < -0.4 is 10.6 Å². The molecule has 0 heterocycles. The summed E-state index contributed by atoms with van der Waals surface area (Å²) in [6.45, 7) is -2.72. The molecule has 14 N–H and O–H groups in total. The molecule has 0 aliphatic rings. The second-order valence-electron chi connectivity index (χ2n) is 7.76. The van der Waals surface area contributed by atoms with E-state index < -0.39 is 99.2 Å². The molecule has 0 saturated carbocycles. The molecule has 0 aromatic rings. The zero-order chi connectivity index (χ0) is 28.0. The molecule has 10 atom stereocenters. The van der Waals surface area contributed by atoms with Gasteiger partial charge in [0.1, 0.15) is 48.7 Å². The number of aliphatic carboxylic acids is 2. The first-order valence-electron chi connectivity index (χ1n) is 10.6. The fraction of sp³-hybridized carbons (Fsp3) is 0.889. The molecule has 0 aliphatic heterocycles. The second kappa shape index (κ2) is 18.4. The van der Waals surface area contributed by atoms with Gasteiger partial charge in [0.05, 0.1) is 25.4 Å². The minimum Gasteiger partial charge on any atom is -0.480 e. The van der Waals surface area contributed by atoms with Gasteiger partial charge in [0, 0.05) is 24.6 Å². The number of hydrogen-bond donors (Lipinski definition) is 14. The molecular formula is C18H36N2O14S2. The zero-order valence-electron chi connectivity index (χ0n) is 19.0. The smallest absolute Gasteiger partial charge is 0.321 e. The van der Waals surface area contributed by atoms with Gasteiger partial charge in [-0.3, -0.25) is 9.59 Å². The van der Waals surface area contributed by atoms with Crippen molar-refractivity contribution in [2.45, 2.75) is 60.9 Å². The van der Waals surface area contributed by atoms with Crippen molar-refractivity contribution in [1.29, 1.82) is 0 Å². The highest BCUT2D eigenvalue weighted by Crippen LogP contribution is 2.23. The topological polar surface area (TPSA) is 301 Å². The molecule has 16 nitrogen and oxygen atoms in total. The van der Waals surface area contributed by atoms with Crippen LogP contribution in [0.3, 0.4) is 0 Å². The monoisotopic (exact) mass is 568 g/mol. The Morgan fingerprint density at radius 1 is 0.556 bits per heavy atom. The molecular weight excluding hydrogens is 532 g/mol. The highest BCUT2D eigenvalue weighted by molar-refractivity contribution is 8.76. The number of carbonyl (C=O) groups is 2. The van der Waals surface area contributed by atoms with Crippen LogP contribution in [-0.4, -0.2) is 172 Å². The number of nitrogens with one attached hydrogen (secondary N) is 2. The van der Waals surface area contributed by atoms with Crippen molar-refractivity contribution in [3.63, 3.8) is 0 Å². The number of carboxylic acid groups (broad SMARTS) is 2. The Labute approximate surface area is 214 Å². The molecule has 214 valence electrons. The summed E-state index contributed by atoms with van der Waals surface area (Å²) >= 11 is 0. The van der Waals surface area contributed by atoms with Gasteiger partial charge in [-0.1, -0.05) is 21.6 Å². The molecule has 0 rings (SSSR count). The molecule has 0 bridgehead atoms. The lowest BCUT2D eigenvalue weighted by molar-refractivity contribution is -0.140. The van der Waals surface area contributed by atoms with Gasteiger partial charge in [0.25, 0.3) is 0 Å². The minimum atomic E-state index is -1.87. The first kappa shape index (κ1) is 35.2. The summed E-state index contributed by atoms with van der Waals surface area (Å²) in [7, 11) is 1.91. The maximum atomic E-state index is 11.4. The van der Waals surface area contributed by atoms with E-state index in [0.29, 0.717) is 0 Å². The van der Waals surface area contributed by atoms with Gasteiger partial charge in [0.15, 0.2) is 0 Å². The highest BCUT2D eigenvalue weighted by Gasteiger charge is 2.32. The minimum absolute atomic E-state index is 0.121. The third-order valence-electron chi connectivity index (χ3n) is 4.95. The Morgan fingerprint density at radius 2 is 0.833 bits per heavy atom. The third kappa shape index (κ3) is 12.6. The lowest BCUT2D eigenvalue weighted by atomic mass is 10.0. The van der Waals surface area contributed by atoms with Gasteiger partial charge in [-0.25, -0.2) is 0 Å². The van der Waals surface area contributed by atoms with Gasteiger partial charge in [-0.2, -0.15) is 0 Å². The second-order valence-corrected chi connectivity index (χ2v) is 10.3. The molecule has 0 unspecified atom stereocenters. The maximum absolute atomic E-state index is 11.4. The van der Waals surface area contributed by atoms with Crippen LogP contribution in [-0.2, 0) is 9.59 Å². The van der Waals surface area contributed by atoms with Crippen LogP contribution in [0.2, 0.25) is 0 Å². The summed E-state index contributed by atoms with van der Waals surface area (Å²) in [5.41, 5.74) is 0. The molecule has 0 saturated heterocycles. The lowest BCUT2D eigenvalue weighted by Gasteiger charge is -2.27. The summed E-state index contributed by atoms with van der Waals surface area (Å²) in [4.78, 5) is 22.8. The van der Waals surface area contributed by atoms with Crippen molar-refractivity contribution in [3.05, 3.63) is 0 Å². The van der Waals surface area contributed by atoms with Gasteiger partial charge < -0.3 is 71.9 Å². The van der Waals surface area contributed by atoms with Crippen molar-refractivity contribution in [3.8, 4) is 0 Å². The van der Waals surface area contributed by atoms with E-state index in [1.54, 1.807) is 0 Å². The Morgan fingerprint density at radius 3 is 1.08 bits per heavy atom. The van der Waals surface area contributed by atoms with Crippen LogP contribution in [0.15, 0.2) is 0 Å². The van der Waals surface area contributed by atoms with E-state index in [-0.39, 0.29) is 11.5 Å². The quantitative estimate of drug-likeness (QED) is 0.0452. The molecule has 0 aromatic heterocycles. The van der Waals surface area contributed by atoms with E-state index >= 15 is 0 Å². The third-order valence-corrected chi connectivity index (χ3v) is 7.37. The summed E-state index contributed by atoms with van der Waals surface area (Å²) in [6.07, 6.45) is -14.3. The van der Waals surface area contributed by atoms with Gasteiger partial charge in [-0.15, -0.1) is 0 Å². The molecule has 0 amide bonds. The fourth-order valence-corrected chi connectivity index (χ4v) is 4.94. The van der Waals surface area contributed by atoms with Crippen molar-refractivity contribution in [2.75, 3.05) is 37.8 Å². The SMILES string of the molecule is O=C(O)[C@H](CSSC[C@H](NC[C@H](O)[C@@H](O)[C@@H](O)[C@@H](O)CO)C(=O)O)NC[C@H](O)[C@@H](O)[C@@H](O)[C@@H](O)CO. The van der Waals surface area contributed by atoms with Crippen LogP contribution in [0.4, 0.5) is 0 Å². The Hall–Kier alpha value is -0.840. The summed E-state index contributed by atoms with van der Waals surface area (Å²) in [5, 5.41) is 118. The van der Waals surface area contributed by atoms with E-state index in [2.05, 4.69) is 10.6 Å². The largest absolute Gasteiger partial charge is 0.480 e. The molecule has 0 aliphatic carbocycles. The van der Waals surface area contributed by atoms with Crippen molar-refractivity contribution in [2.24, 2.45) is 0 Å². The summed E-state index contributed by atoms with van der Waals surface area (Å²) < 4.78 is 0. The Balaban J connectivity index is 4.61. The standard InChI is InChI=1S/C18H36N2O14S2/c21-3-11(25)15(29)13(27)9(23)1-19-7(17(31)32)5-35-36-6-8(18(33)34)20-2-10(24)14(28)16(30)12(26)4-22/h7-16,19-30H,1-6H2,(H,31,32)(H,33,34)/t7-,8-,9-,10-,11-,12-,13+,14+,15-,16-/m0/s1. The van der Waals surface area contributed by atoms with Crippen molar-refractivity contribution >= 4 is 33.5 Å². The van der Waals surface area contributed by atoms with Crippen LogP contribution in [0.5, 0.6) is 0 Å². The lowest BCUT2D eigenvalue weighted by Crippen LogP contribution is -2.51. The Kier molecular flexibility index (Phi) is 18.0. The van der Waals surface area contributed by atoms with E-state index in [1.807, 2.05) is 0 Å². The van der Waals surface area contributed by atoms with Crippen LogP contribution in [0, 0.1) is 0 Å². The number of rotatable bonds is 21.